The fraction of sp³-hybridized carbons (Fsp3) is 0.103. The SMILES string of the molecule is CCc1cc(-c2ccccc2)c(C)c(OC(=O)c2ccccc2)c1OC(=O)c1ccccc1. The highest BCUT2D eigenvalue weighted by atomic mass is 16.6. The Morgan fingerprint density at radius 3 is 1.61 bits per heavy atom. The van der Waals surface area contributed by atoms with Crippen LogP contribution in [-0.2, 0) is 6.42 Å². The Balaban J connectivity index is 1.83. The van der Waals surface area contributed by atoms with Crippen molar-refractivity contribution in [2.75, 3.05) is 0 Å². The Morgan fingerprint density at radius 2 is 1.12 bits per heavy atom. The number of aryl methyl sites for hydroxylation is 1. The molecule has 0 spiro atoms. The molecule has 4 rings (SSSR count). The van der Waals surface area contributed by atoms with Crippen LogP contribution in [0.15, 0.2) is 97.1 Å². The van der Waals surface area contributed by atoms with Gasteiger partial charge < -0.3 is 9.47 Å². The summed E-state index contributed by atoms with van der Waals surface area (Å²) >= 11 is 0. The van der Waals surface area contributed by atoms with E-state index in [-0.39, 0.29) is 11.5 Å². The minimum Gasteiger partial charge on any atom is -0.419 e. The third kappa shape index (κ3) is 4.85. The standard InChI is InChI=1S/C29H24O4/c1-3-21-19-25(22-13-7-4-8-14-22)20(2)26(32-28(30)23-15-9-5-10-16-23)27(21)33-29(31)24-17-11-6-12-18-24/h4-19H,3H2,1-2H3. The van der Waals surface area contributed by atoms with Gasteiger partial charge in [0, 0.05) is 5.56 Å². The van der Waals surface area contributed by atoms with Gasteiger partial charge in [0.1, 0.15) is 0 Å². The number of hydrogen-bond acceptors (Lipinski definition) is 4. The van der Waals surface area contributed by atoms with Gasteiger partial charge >= 0.3 is 11.9 Å². The van der Waals surface area contributed by atoms with E-state index < -0.39 is 11.9 Å². The van der Waals surface area contributed by atoms with Crippen LogP contribution in [0.5, 0.6) is 11.5 Å². The third-order valence-corrected chi connectivity index (χ3v) is 5.44. The normalized spacial score (nSPS) is 10.5. The topological polar surface area (TPSA) is 52.6 Å². The highest BCUT2D eigenvalue weighted by molar-refractivity contribution is 5.94. The van der Waals surface area contributed by atoms with Gasteiger partial charge in [-0.15, -0.1) is 0 Å². The van der Waals surface area contributed by atoms with E-state index in [1.807, 2.05) is 62.4 Å². The maximum atomic E-state index is 13.0. The predicted octanol–water partition coefficient (Wildman–Crippen LogP) is 6.66. The molecule has 0 N–H and O–H groups in total. The van der Waals surface area contributed by atoms with Crippen molar-refractivity contribution in [3.63, 3.8) is 0 Å². The highest BCUT2D eigenvalue weighted by Crippen LogP contribution is 2.42. The van der Waals surface area contributed by atoms with E-state index in [2.05, 4.69) is 0 Å². The molecule has 0 unspecified atom stereocenters. The molecule has 4 aromatic rings. The lowest BCUT2D eigenvalue weighted by atomic mass is 9.95. The van der Waals surface area contributed by atoms with Crippen LogP contribution < -0.4 is 9.47 Å². The lowest BCUT2D eigenvalue weighted by molar-refractivity contribution is 0.0680. The lowest BCUT2D eigenvalue weighted by Gasteiger charge is -2.19. The molecule has 0 aliphatic heterocycles. The van der Waals surface area contributed by atoms with Crippen LogP contribution in [0.1, 0.15) is 38.8 Å². The molecule has 0 saturated carbocycles. The van der Waals surface area contributed by atoms with Gasteiger partial charge in [-0.3, -0.25) is 0 Å². The van der Waals surface area contributed by atoms with Crippen molar-refractivity contribution in [2.45, 2.75) is 20.3 Å². The minimum absolute atomic E-state index is 0.256. The van der Waals surface area contributed by atoms with Crippen molar-refractivity contribution in [1.82, 2.24) is 0 Å². The number of carbonyl (C=O) groups is 2. The van der Waals surface area contributed by atoms with Crippen LogP contribution in [0.2, 0.25) is 0 Å². The van der Waals surface area contributed by atoms with Crippen molar-refractivity contribution < 1.29 is 19.1 Å². The van der Waals surface area contributed by atoms with Crippen molar-refractivity contribution in [2.24, 2.45) is 0 Å². The zero-order valence-electron chi connectivity index (χ0n) is 18.6. The Morgan fingerprint density at radius 1 is 0.667 bits per heavy atom. The molecule has 33 heavy (non-hydrogen) atoms. The summed E-state index contributed by atoms with van der Waals surface area (Å²) in [5.41, 5.74) is 4.24. The number of esters is 2. The van der Waals surface area contributed by atoms with Gasteiger partial charge in [0.25, 0.3) is 0 Å². The number of carbonyl (C=O) groups excluding carboxylic acids is 2. The predicted molar refractivity (Wildman–Crippen MR) is 129 cm³/mol. The Bertz CT molecular complexity index is 1260. The van der Waals surface area contributed by atoms with Gasteiger partial charge in [0.05, 0.1) is 11.1 Å². The molecule has 0 bridgehead atoms. The molecule has 0 aromatic heterocycles. The van der Waals surface area contributed by atoms with Crippen LogP contribution in [-0.4, -0.2) is 11.9 Å². The largest absolute Gasteiger partial charge is 0.419 e. The van der Waals surface area contributed by atoms with E-state index >= 15 is 0 Å². The van der Waals surface area contributed by atoms with Crippen molar-refractivity contribution in [3.05, 3.63) is 119 Å². The molecule has 0 radical (unpaired) electrons. The second kappa shape index (κ2) is 9.96. The summed E-state index contributed by atoms with van der Waals surface area (Å²) in [5, 5.41) is 0. The Hall–Kier alpha value is -4.18. The number of benzene rings is 4. The monoisotopic (exact) mass is 436 g/mol. The van der Waals surface area contributed by atoms with Crippen LogP contribution in [0.4, 0.5) is 0 Å². The molecule has 4 heteroatoms. The van der Waals surface area contributed by atoms with E-state index in [0.717, 1.165) is 22.3 Å². The fourth-order valence-corrected chi connectivity index (χ4v) is 3.65. The molecule has 164 valence electrons. The summed E-state index contributed by atoms with van der Waals surface area (Å²) in [4.78, 5) is 25.9. The summed E-state index contributed by atoms with van der Waals surface area (Å²) < 4.78 is 11.7. The molecule has 4 nitrogen and oxygen atoms in total. The second-order valence-corrected chi connectivity index (χ2v) is 7.60. The maximum Gasteiger partial charge on any atom is 0.343 e. The molecule has 0 atom stereocenters. The number of rotatable bonds is 6. The van der Waals surface area contributed by atoms with Gasteiger partial charge in [0.2, 0.25) is 0 Å². The second-order valence-electron chi connectivity index (χ2n) is 7.60. The van der Waals surface area contributed by atoms with Gasteiger partial charge in [-0.2, -0.15) is 0 Å². The molecule has 0 saturated heterocycles. The molecule has 0 amide bonds. The third-order valence-electron chi connectivity index (χ3n) is 5.44. The zero-order valence-corrected chi connectivity index (χ0v) is 18.6. The van der Waals surface area contributed by atoms with Gasteiger partial charge in [-0.25, -0.2) is 9.59 Å². The van der Waals surface area contributed by atoms with Crippen LogP contribution in [0.25, 0.3) is 11.1 Å². The highest BCUT2D eigenvalue weighted by Gasteiger charge is 2.24. The molecule has 4 aromatic carbocycles. The van der Waals surface area contributed by atoms with Crippen LogP contribution in [0.3, 0.4) is 0 Å². The average molecular weight is 437 g/mol. The van der Waals surface area contributed by atoms with E-state index in [1.165, 1.54) is 0 Å². The van der Waals surface area contributed by atoms with E-state index in [4.69, 9.17) is 9.47 Å². The number of hydrogen-bond donors (Lipinski definition) is 0. The van der Waals surface area contributed by atoms with Crippen molar-refractivity contribution in [1.29, 1.82) is 0 Å². The first-order chi connectivity index (χ1) is 16.1. The first-order valence-corrected chi connectivity index (χ1v) is 10.8. The average Bonchev–Trinajstić information content (AvgIpc) is 2.87. The summed E-state index contributed by atoms with van der Waals surface area (Å²) in [6, 6.07) is 29.4. The maximum absolute atomic E-state index is 13.0. The quantitative estimate of drug-likeness (QED) is 0.250. The lowest BCUT2D eigenvalue weighted by Crippen LogP contribution is -2.15. The van der Waals surface area contributed by atoms with E-state index in [0.29, 0.717) is 17.5 Å². The minimum atomic E-state index is -0.511. The smallest absolute Gasteiger partial charge is 0.343 e. The zero-order chi connectivity index (χ0) is 23.2. The summed E-state index contributed by atoms with van der Waals surface area (Å²) in [7, 11) is 0. The van der Waals surface area contributed by atoms with Crippen LogP contribution in [0, 0.1) is 6.92 Å². The van der Waals surface area contributed by atoms with Crippen molar-refractivity contribution in [3.8, 4) is 22.6 Å². The first-order valence-electron chi connectivity index (χ1n) is 10.8. The summed E-state index contributed by atoms with van der Waals surface area (Å²) in [5.74, 6) is -0.490. The van der Waals surface area contributed by atoms with Gasteiger partial charge in [-0.05, 0) is 60.4 Å². The van der Waals surface area contributed by atoms with Crippen molar-refractivity contribution >= 4 is 11.9 Å². The van der Waals surface area contributed by atoms with E-state index in [9.17, 15) is 9.59 Å². The summed E-state index contributed by atoms with van der Waals surface area (Å²) in [6.07, 6.45) is 0.591. The Kier molecular flexibility index (Phi) is 6.65. The first kappa shape index (κ1) is 22.0. The van der Waals surface area contributed by atoms with Gasteiger partial charge in [-0.1, -0.05) is 73.7 Å². The fourth-order valence-electron chi connectivity index (χ4n) is 3.65. The molecule has 0 aliphatic rings. The Labute approximate surface area is 193 Å². The molecule has 0 fully saturated rings. The van der Waals surface area contributed by atoms with E-state index in [1.54, 1.807) is 48.5 Å². The number of ether oxygens (including phenoxy) is 2. The summed E-state index contributed by atoms with van der Waals surface area (Å²) in [6.45, 7) is 3.84. The molecule has 0 heterocycles. The molecular weight excluding hydrogens is 412 g/mol. The molecular formula is C29H24O4. The molecule has 0 aliphatic carbocycles. The van der Waals surface area contributed by atoms with Crippen LogP contribution >= 0.6 is 0 Å². The van der Waals surface area contributed by atoms with Gasteiger partial charge in [0.15, 0.2) is 11.5 Å².